The molecule has 0 spiro atoms. The van der Waals surface area contributed by atoms with Gasteiger partial charge in [-0.05, 0) is 13.8 Å². The lowest BCUT2D eigenvalue weighted by atomic mass is 10.1. The van der Waals surface area contributed by atoms with E-state index in [1.54, 1.807) is 0 Å². The lowest BCUT2D eigenvalue weighted by Crippen LogP contribution is -2.30. The van der Waals surface area contributed by atoms with E-state index in [2.05, 4.69) is 22.7 Å². The molecule has 12 heteroatoms. The summed E-state index contributed by atoms with van der Waals surface area (Å²) in [6.07, 6.45) is -0.626. The van der Waals surface area contributed by atoms with Crippen molar-refractivity contribution in [2.24, 2.45) is 0 Å². The van der Waals surface area contributed by atoms with Crippen molar-refractivity contribution in [1.29, 1.82) is 5.26 Å². The maximum absolute atomic E-state index is 13.9. The Hall–Kier alpha value is -1.71. The number of thiol groups is 1. The summed E-state index contributed by atoms with van der Waals surface area (Å²) in [5.41, 5.74) is 0.573. The van der Waals surface area contributed by atoms with Gasteiger partial charge in [-0.1, -0.05) is 11.6 Å². The van der Waals surface area contributed by atoms with E-state index in [1.807, 2.05) is 19.9 Å². The van der Waals surface area contributed by atoms with Gasteiger partial charge in [-0.3, -0.25) is 0 Å². The Bertz CT molecular complexity index is 1090. The number of hydrogen-bond donors (Lipinski definition) is 1. The lowest BCUT2D eigenvalue weighted by molar-refractivity contribution is -0.195. The predicted molar refractivity (Wildman–Crippen MR) is 111 cm³/mol. The van der Waals surface area contributed by atoms with E-state index in [9.17, 15) is 14.0 Å². The summed E-state index contributed by atoms with van der Waals surface area (Å²) >= 11 is 10.8. The molecule has 0 unspecified atom stereocenters. The van der Waals surface area contributed by atoms with Gasteiger partial charge in [-0.25, -0.2) is 18.4 Å². The second-order valence-electron chi connectivity index (χ2n) is 8.40. The highest BCUT2D eigenvalue weighted by molar-refractivity contribution is 7.80. The molecule has 0 radical (unpaired) electrons. The van der Waals surface area contributed by atoms with Crippen LogP contribution in [0, 0.1) is 11.3 Å². The Morgan fingerprint density at radius 3 is 2.74 bits per heavy atom. The number of aromatic nitrogens is 3. The molecule has 2 aromatic heterocycles. The summed E-state index contributed by atoms with van der Waals surface area (Å²) in [5.74, 6) is -3.22. The van der Waals surface area contributed by atoms with Crippen molar-refractivity contribution in [3.63, 3.8) is 0 Å². The van der Waals surface area contributed by atoms with Gasteiger partial charge in [0.05, 0.1) is 29.9 Å². The highest BCUT2D eigenvalue weighted by Crippen LogP contribution is 2.45. The van der Waals surface area contributed by atoms with Crippen LogP contribution >= 0.6 is 24.2 Å². The molecule has 3 saturated heterocycles. The van der Waals surface area contributed by atoms with Crippen molar-refractivity contribution in [3.8, 4) is 6.07 Å². The van der Waals surface area contributed by atoms with Gasteiger partial charge in [-0.15, -0.1) is 0 Å². The molecule has 5 heterocycles. The van der Waals surface area contributed by atoms with Crippen LogP contribution in [0.4, 0.5) is 14.5 Å². The zero-order valence-electron chi connectivity index (χ0n) is 16.8. The summed E-state index contributed by atoms with van der Waals surface area (Å²) in [6, 6.07) is 1.95. The number of ether oxygens (including phenoxy) is 3. The topological polar surface area (TPSA) is 85.4 Å². The molecule has 0 aliphatic carbocycles. The van der Waals surface area contributed by atoms with E-state index >= 15 is 0 Å². The van der Waals surface area contributed by atoms with Gasteiger partial charge in [0, 0.05) is 18.7 Å². The van der Waals surface area contributed by atoms with Crippen LogP contribution in [0.25, 0.3) is 11.0 Å². The zero-order valence-corrected chi connectivity index (χ0v) is 18.4. The number of pyridine rings is 1. The van der Waals surface area contributed by atoms with Gasteiger partial charge in [0.15, 0.2) is 23.4 Å². The predicted octanol–water partition coefficient (Wildman–Crippen LogP) is 3.15. The first kappa shape index (κ1) is 21.2. The van der Waals surface area contributed by atoms with Crippen molar-refractivity contribution in [3.05, 3.63) is 16.9 Å². The van der Waals surface area contributed by atoms with E-state index in [0.717, 1.165) is 0 Å². The summed E-state index contributed by atoms with van der Waals surface area (Å²) in [4.78, 5) is 5.84. The van der Waals surface area contributed by atoms with Crippen LogP contribution < -0.4 is 4.90 Å². The van der Waals surface area contributed by atoms with Crippen molar-refractivity contribution < 1.29 is 23.0 Å². The minimum absolute atomic E-state index is 0.0345. The number of halogens is 3. The summed E-state index contributed by atoms with van der Waals surface area (Å²) in [7, 11) is 0. The van der Waals surface area contributed by atoms with Crippen LogP contribution in [0.15, 0.2) is 6.20 Å². The van der Waals surface area contributed by atoms with E-state index in [4.69, 9.17) is 25.8 Å². The molecule has 4 atom stereocenters. The first-order valence-corrected chi connectivity index (χ1v) is 10.9. The molecule has 0 N–H and O–H groups in total. The van der Waals surface area contributed by atoms with Crippen LogP contribution in [-0.4, -0.2) is 63.6 Å². The summed E-state index contributed by atoms with van der Waals surface area (Å²) in [5, 5.41) is 14.5. The quantitative estimate of drug-likeness (QED) is 0.688. The summed E-state index contributed by atoms with van der Waals surface area (Å²) < 4.78 is 47.5. The van der Waals surface area contributed by atoms with Gasteiger partial charge in [0.25, 0.3) is 5.92 Å². The second-order valence-corrected chi connectivity index (χ2v) is 9.14. The fraction of sp³-hybridized carbons (Fsp3) is 0.632. The molecule has 5 rings (SSSR count). The Morgan fingerprint density at radius 2 is 2.10 bits per heavy atom. The molecular formula is C19H20ClF2N5O3S. The monoisotopic (exact) mass is 471 g/mol. The molecule has 2 aromatic rings. The number of anilines is 1. The van der Waals surface area contributed by atoms with Crippen LogP contribution in [0.2, 0.25) is 5.02 Å². The lowest BCUT2D eigenvalue weighted by Gasteiger charge is -2.24. The Morgan fingerprint density at radius 1 is 1.35 bits per heavy atom. The van der Waals surface area contributed by atoms with Crippen molar-refractivity contribution >= 4 is 41.0 Å². The maximum atomic E-state index is 13.9. The molecule has 0 amide bonds. The smallest absolute Gasteiger partial charge is 0.266 e. The molecular weight excluding hydrogens is 452 g/mol. The first-order valence-electron chi connectivity index (χ1n) is 9.86. The zero-order chi connectivity index (χ0) is 22.1. The SMILES string of the molecule is CC1(C)O[C@@H]2[C@H](O1)[C@@H](CS)O[C@H]2n1ncc2c(N3CCC(F)(F)C3)c(Cl)c(C#N)nc21. The Kier molecular flexibility index (Phi) is 4.88. The minimum Gasteiger partial charge on any atom is -0.363 e. The second kappa shape index (κ2) is 7.15. The largest absolute Gasteiger partial charge is 0.363 e. The molecule has 8 nitrogen and oxygen atoms in total. The highest BCUT2D eigenvalue weighted by atomic mass is 35.5. The number of alkyl halides is 2. The van der Waals surface area contributed by atoms with Gasteiger partial charge < -0.3 is 19.1 Å². The molecule has 31 heavy (non-hydrogen) atoms. The number of nitrogens with zero attached hydrogens (tertiary/aromatic N) is 5. The van der Waals surface area contributed by atoms with Gasteiger partial charge in [0.1, 0.15) is 23.3 Å². The molecule has 0 bridgehead atoms. The average Bonchev–Trinajstić information content (AvgIpc) is 3.42. The van der Waals surface area contributed by atoms with Crippen molar-refractivity contribution in [2.75, 3.05) is 23.7 Å². The van der Waals surface area contributed by atoms with E-state index < -0.39 is 30.6 Å². The Labute approximate surface area is 187 Å². The van der Waals surface area contributed by atoms with E-state index in [1.165, 1.54) is 15.8 Å². The molecule has 166 valence electrons. The number of hydrogen-bond acceptors (Lipinski definition) is 8. The third-order valence-corrected chi connectivity index (χ3v) is 6.51. The van der Waals surface area contributed by atoms with Crippen LogP contribution in [0.5, 0.6) is 0 Å². The fourth-order valence-electron chi connectivity index (χ4n) is 4.52. The van der Waals surface area contributed by atoms with Crippen LogP contribution in [0.3, 0.4) is 0 Å². The molecule has 3 aliphatic rings. The summed E-state index contributed by atoms with van der Waals surface area (Å²) in [6.45, 7) is 3.26. The van der Waals surface area contributed by atoms with Crippen molar-refractivity contribution in [1.82, 2.24) is 14.8 Å². The van der Waals surface area contributed by atoms with Gasteiger partial charge in [0.2, 0.25) is 0 Å². The molecule has 3 aliphatic heterocycles. The van der Waals surface area contributed by atoms with Crippen molar-refractivity contribution in [2.45, 2.75) is 56.5 Å². The van der Waals surface area contributed by atoms with Crippen LogP contribution in [-0.2, 0) is 14.2 Å². The normalized spacial score (nSPS) is 31.3. The number of nitriles is 1. The fourth-order valence-corrected chi connectivity index (χ4v) is 5.12. The number of rotatable bonds is 3. The standard InChI is InChI=1S/C19H20ClF2N5O3S/c1-18(2)29-14-11(7-31)28-17(15(14)30-18)27-16-9(6-24-27)13(12(20)10(5-23)25-16)26-4-3-19(21,22)8-26/h6,11,14-15,17,31H,3-4,7-8H2,1-2H3/t11-,14-,15-,17-/m1/s1. The first-order chi connectivity index (χ1) is 14.6. The van der Waals surface area contributed by atoms with Crippen LogP contribution in [0.1, 0.15) is 32.2 Å². The molecule has 0 saturated carbocycles. The average molecular weight is 472 g/mol. The minimum atomic E-state index is -2.83. The van der Waals surface area contributed by atoms with Gasteiger partial charge >= 0.3 is 0 Å². The van der Waals surface area contributed by atoms with E-state index in [-0.39, 0.29) is 35.9 Å². The third-order valence-electron chi connectivity index (χ3n) is 5.80. The molecule has 0 aromatic carbocycles. The third kappa shape index (κ3) is 3.36. The highest BCUT2D eigenvalue weighted by Gasteiger charge is 2.56. The van der Waals surface area contributed by atoms with E-state index in [0.29, 0.717) is 22.5 Å². The number of fused-ring (bicyclic) bond motifs is 2. The molecule has 3 fully saturated rings. The maximum Gasteiger partial charge on any atom is 0.266 e. The van der Waals surface area contributed by atoms with Gasteiger partial charge in [-0.2, -0.15) is 23.0 Å². The Balaban J connectivity index is 1.62.